The molecule has 0 aliphatic carbocycles. The topological polar surface area (TPSA) is 33.1 Å². The molecule has 0 amide bonds. The van der Waals surface area contributed by atoms with Gasteiger partial charge < -0.3 is 5.11 Å². The van der Waals surface area contributed by atoms with E-state index in [1.165, 1.54) is 18.3 Å². The van der Waals surface area contributed by atoms with Crippen LogP contribution in [0.2, 0.25) is 0 Å². The van der Waals surface area contributed by atoms with E-state index in [1.54, 1.807) is 13.8 Å². The molecule has 1 heterocycles. The molecule has 0 radical (unpaired) electrons. The van der Waals surface area contributed by atoms with Crippen LogP contribution in [0.4, 0.5) is 13.2 Å². The van der Waals surface area contributed by atoms with Crippen LogP contribution >= 0.6 is 0 Å². The Morgan fingerprint density at radius 2 is 2.00 bits per heavy atom. The molecule has 0 bridgehead atoms. The molecule has 1 unspecified atom stereocenters. The van der Waals surface area contributed by atoms with Crippen molar-refractivity contribution in [1.29, 1.82) is 0 Å². The fourth-order valence-corrected chi connectivity index (χ4v) is 1.60. The second kappa shape index (κ2) is 4.41. The Morgan fingerprint density at radius 3 is 2.38 bits per heavy atom. The Bertz CT molecular complexity index is 337. The molecule has 0 aliphatic heterocycles. The molecular formula is C11H14F3NO. The van der Waals surface area contributed by atoms with E-state index in [0.717, 1.165) is 6.20 Å². The largest absolute Gasteiger partial charge is 0.421 e. The van der Waals surface area contributed by atoms with E-state index in [4.69, 9.17) is 0 Å². The van der Waals surface area contributed by atoms with E-state index in [1.807, 2.05) is 0 Å². The van der Waals surface area contributed by atoms with E-state index in [0.29, 0.717) is 0 Å². The molecule has 90 valence electrons. The lowest BCUT2D eigenvalue weighted by molar-refractivity contribution is -0.272. The van der Waals surface area contributed by atoms with Gasteiger partial charge >= 0.3 is 6.18 Å². The molecule has 1 rings (SSSR count). The highest BCUT2D eigenvalue weighted by Crippen LogP contribution is 2.42. The molecule has 1 N–H and O–H groups in total. The highest BCUT2D eigenvalue weighted by molar-refractivity contribution is 5.20. The molecule has 2 nitrogen and oxygen atoms in total. The molecule has 0 aliphatic rings. The van der Waals surface area contributed by atoms with Gasteiger partial charge in [-0.2, -0.15) is 13.2 Å². The number of halogens is 3. The van der Waals surface area contributed by atoms with Crippen LogP contribution in [-0.4, -0.2) is 16.3 Å². The fourth-order valence-electron chi connectivity index (χ4n) is 1.60. The highest BCUT2D eigenvalue weighted by atomic mass is 19.4. The highest BCUT2D eigenvalue weighted by Gasteiger charge is 2.55. The lowest BCUT2D eigenvalue weighted by atomic mass is 9.86. The van der Waals surface area contributed by atoms with Gasteiger partial charge in [-0.15, -0.1) is 0 Å². The molecule has 0 aromatic carbocycles. The maximum atomic E-state index is 12.9. The number of rotatable bonds is 3. The third-order valence-electron chi connectivity index (χ3n) is 2.31. The zero-order valence-electron chi connectivity index (χ0n) is 9.12. The van der Waals surface area contributed by atoms with Gasteiger partial charge in [-0.25, -0.2) is 0 Å². The summed E-state index contributed by atoms with van der Waals surface area (Å²) in [5, 5.41) is 9.82. The molecule has 16 heavy (non-hydrogen) atoms. The summed E-state index contributed by atoms with van der Waals surface area (Å²) < 4.78 is 38.6. The first kappa shape index (κ1) is 13.0. The van der Waals surface area contributed by atoms with Crippen LogP contribution in [0.25, 0.3) is 0 Å². The number of aliphatic hydroxyl groups is 1. The first-order valence-electron chi connectivity index (χ1n) is 4.97. The number of alkyl halides is 3. The van der Waals surface area contributed by atoms with Crippen molar-refractivity contribution in [3.05, 3.63) is 30.1 Å². The van der Waals surface area contributed by atoms with Gasteiger partial charge in [-0.05, 0) is 18.4 Å². The molecule has 5 heteroatoms. The zero-order chi connectivity index (χ0) is 12.4. The first-order valence-corrected chi connectivity index (χ1v) is 4.97. The van der Waals surface area contributed by atoms with E-state index in [2.05, 4.69) is 4.98 Å². The maximum absolute atomic E-state index is 12.9. The van der Waals surface area contributed by atoms with Gasteiger partial charge in [-0.1, -0.05) is 19.9 Å². The summed E-state index contributed by atoms with van der Waals surface area (Å²) in [4.78, 5) is 3.61. The van der Waals surface area contributed by atoms with Crippen LogP contribution in [0.15, 0.2) is 24.5 Å². The summed E-state index contributed by atoms with van der Waals surface area (Å²) in [5.41, 5.74) is -3.02. The standard InChI is InChI=1S/C11H14F3NO/c1-8(2)6-10(16,11(12,13)14)9-4-3-5-15-7-9/h3-5,7-8,16H,6H2,1-2H3. The number of nitrogens with zero attached hydrogens (tertiary/aromatic N) is 1. The summed E-state index contributed by atoms with van der Waals surface area (Å²) in [6.07, 6.45) is -2.64. The summed E-state index contributed by atoms with van der Waals surface area (Å²) in [5.74, 6) is -0.271. The normalized spacial score (nSPS) is 16.2. The van der Waals surface area contributed by atoms with Gasteiger partial charge in [0.25, 0.3) is 0 Å². The van der Waals surface area contributed by atoms with Gasteiger partial charge in [0.15, 0.2) is 5.60 Å². The molecule has 0 saturated carbocycles. The lowest BCUT2D eigenvalue weighted by Gasteiger charge is -2.32. The van der Waals surface area contributed by atoms with Crippen molar-refractivity contribution in [3.63, 3.8) is 0 Å². The quantitative estimate of drug-likeness (QED) is 0.870. The molecule has 1 aromatic heterocycles. The third kappa shape index (κ3) is 2.52. The van der Waals surface area contributed by atoms with Gasteiger partial charge in [0.1, 0.15) is 0 Å². The molecular weight excluding hydrogens is 219 g/mol. The predicted octanol–water partition coefficient (Wildman–Crippen LogP) is 2.88. The minimum Gasteiger partial charge on any atom is -0.376 e. The molecule has 0 spiro atoms. The molecule has 0 fully saturated rings. The van der Waals surface area contributed by atoms with Crippen LogP contribution in [0, 0.1) is 5.92 Å². The van der Waals surface area contributed by atoms with Crippen molar-refractivity contribution < 1.29 is 18.3 Å². The smallest absolute Gasteiger partial charge is 0.376 e. The first-order chi connectivity index (χ1) is 7.27. The monoisotopic (exact) mass is 233 g/mol. The van der Waals surface area contributed by atoms with Gasteiger partial charge in [0, 0.05) is 18.0 Å². The Hall–Kier alpha value is -1.10. The van der Waals surface area contributed by atoms with Crippen LogP contribution in [0.5, 0.6) is 0 Å². The van der Waals surface area contributed by atoms with Crippen molar-refractivity contribution in [2.75, 3.05) is 0 Å². The fraction of sp³-hybridized carbons (Fsp3) is 0.545. The van der Waals surface area contributed by atoms with Crippen molar-refractivity contribution in [2.24, 2.45) is 5.92 Å². The zero-order valence-corrected chi connectivity index (χ0v) is 9.12. The second-order valence-corrected chi connectivity index (χ2v) is 4.20. The van der Waals surface area contributed by atoms with E-state index in [-0.39, 0.29) is 17.9 Å². The number of pyridine rings is 1. The van der Waals surface area contributed by atoms with Crippen molar-refractivity contribution in [2.45, 2.75) is 32.0 Å². The Labute approximate surface area is 92.1 Å². The van der Waals surface area contributed by atoms with Crippen LogP contribution in [0.3, 0.4) is 0 Å². The Balaban J connectivity index is 3.16. The van der Waals surface area contributed by atoms with Crippen LogP contribution in [-0.2, 0) is 5.60 Å². The summed E-state index contributed by atoms with van der Waals surface area (Å²) in [6.45, 7) is 3.26. The van der Waals surface area contributed by atoms with Crippen molar-refractivity contribution >= 4 is 0 Å². The molecule has 1 aromatic rings. The van der Waals surface area contributed by atoms with E-state index >= 15 is 0 Å². The predicted molar refractivity (Wildman–Crippen MR) is 53.6 cm³/mol. The van der Waals surface area contributed by atoms with E-state index < -0.39 is 11.8 Å². The Kier molecular flexibility index (Phi) is 3.57. The second-order valence-electron chi connectivity index (χ2n) is 4.20. The maximum Gasteiger partial charge on any atom is 0.421 e. The lowest BCUT2D eigenvalue weighted by Crippen LogP contribution is -2.43. The van der Waals surface area contributed by atoms with Gasteiger partial charge in [0.2, 0.25) is 0 Å². The van der Waals surface area contributed by atoms with E-state index in [9.17, 15) is 18.3 Å². The van der Waals surface area contributed by atoms with Gasteiger partial charge in [-0.3, -0.25) is 4.98 Å². The molecule has 0 saturated heterocycles. The number of hydrogen-bond acceptors (Lipinski definition) is 2. The van der Waals surface area contributed by atoms with Crippen LogP contribution in [0.1, 0.15) is 25.8 Å². The van der Waals surface area contributed by atoms with Gasteiger partial charge in [0.05, 0.1) is 0 Å². The van der Waals surface area contributed by atoms with Crippen LogP contribution < -0.4 is 0 Å². The average molecular weight is 233 g/mol. The minimum atomic E-state index is -4.69. The number of aromatic nitrogens is 1. The van der Waals surface area contributed by atoms with Crippen molar-refractivity contribution in [3.8, 4) is 0 Å². The Morgan fingerprint density at radius 1 is 1.38 bits per heavy atom. The molecule has 1 atom stereocenters. The SMILES string of the molecule is CC(C)CC(O)(c1cccnc1)C(F)(F)F. The summed E-state index contributed by atoms with van der Waals surface area (Å²) in [7, 11) is 0. The summed E-state index contributed by atoms with van der Waals surface area (Å²) >= 11 is 0. The minimum absolute atomic E-state index is 0.212. The third-order valence-corrected chi connectivity index (χ3v) is 2.31. The number of hydrogen-bond donors (Lipinski definition) is 1. The van der Waals surface area contributed by atoms with Crippen molar-refractivity contribution in [1.82, 2.24) is 4.98 Å². The summed E-state index contributed by atoms with van der Waals surface area (Å²) in [6, 6.07) is 2.62. The average Bonchev–Trinajstić information content (AvgIpc) is 2.16.